The van der Waals surface area contributed by atoms with Crippen molar-refractivity contribution in [2.45, 2.75) is 0 Å². The molecule has 32 heavy (non-hydrogen) atoms. The standard InChI is InChI=1S/C25H20ClNO5/c1-29-22-10-8-15(12-24(22)30-2)23-14-20(18-13-16(26)9-11-21(18)32-23)27-19-7-5-4-6-17(19)25(28)31-3/h4-14H,1-3H3. The van der Waals surface area contributed by atoms with E-state index < -0.39 is 5.97 Å². The SMILES string of the molecule is COC(=O)c1ccccc1N=c1cc(-c2ccc(OC)c(OC)c2)oc2ccc(Cl)cc12. The molecule has 3 aromatic carbocycles. The zero-order valence-electron chi connectivity index (χ0n) is 17.7. The number of benzene rings is 3. The van der Waals surface area contributed by atoms with E-state index in [0.29, 0.717) is 49.9 Å². The third-order valence-electron chi connectivity index (χ3n) is 4.92. The van der Waals surface area contributed by atoms with Gasteiger partial charge in [0, 0.05) is 22.0 Å². The van der Waals surface area contributed by atoms with E-state index in [9.17, 15) is 4.79 Å². The zero-order valence-corrected chi connectivity index (χ0v) is 18.5. The van der Waals surface area contributed by atoms with Crippen LogP contribution in [0.25, 0.3) is 22.3 Å². The minimum absolute atomic E-state index is 0.360. The molecule has 7 heteroatoms. The summed E-state index contributed by atoms with van der Waals surface area (Å²) < 4.78 is 21.8. The molecule has 0 spiro atoms. The summed E-state index contributed by atoms with van der Waals surface area (Å²) >= 11 is 6.24. The number of rotatable bonds is 5. The summed E-state index contributed by atoms with van der Waals surface area (Å²) in [6.45, 7) is 0. The van der Waals surface area contributed by atoms with Crippen molar-refractivity contribution in [2.75, 3.05) is 21.3 Å². The Bertz CT molecular complexity index is 1380. The third-order valence-corrected chi connectivity index (χ3v) is 5.16. The number of methoxy groups -OCH3 is 3. The summed E-state index contributed by atoms with van der Waals surface area (Å²) in [6, 6.07) is 19.6. The predicted octanol–water partition coefficient (Wildman–Crippen LogP) is 5.79. The maximum Gasteiger partial charge on any atom is 0.340 e. The van der Waals surface area contributed by atoms with Crippen LogP contribution in [-0.2, 0) is 4.74 Å². The van der Waals surface area contributed by atoms with Gasteiger partial charge in [-0.2, -0.15) is 0 Å². The highest BCUT2D eigenvalue weighted by Gasteiger charge is 2.13. The summed E-state index contributed by atoms with van der Waals surface area (Å²) in [5, 5.41) is 1.85. The molecule has 1 heterocycles. The van der Waals surface area contributed by atoms with Crippen LogP contribution in [0, 0.1) is 0 Å². The van der Waals surface area contributed by atoms with Crippen molar-refractivity contribution >= 4 is 34.2 Å². The number of ether oxygens (including phenoxy) is 3. The molecular formula is C25H20ClNO5. The van der Waals surface area contributed by atoms with Gasteiger partial charge in [-0.15, -0.1) is 0 Å². The van der Waals surface area contributed by atoms with Crippen LogP contribution in [-0.4, -0.2) is 27.3 Å². The van der Waals surface area contributed by atoms with Crippen LogP contribution in [0.5, 0.6) is 11.5 Å². The molecule has 0 unspecified atom stereocenters. The third kappa shape index (κ3) is 4.18. The van der Waals surface area contributed by atoms with Gasteiger partial charge in [-0.3, -0.25) is 0 Å². The molecule has 162 valence electrons. The summed E-state index contributed by atoms with van der Waals surface area (Å²) in [6.07, 6.45) is 0. The first-order chi connectivity index (χ1) is 15.5. The minimum Gasteiger partial charge on any atom is -0.493 e. The van der Waals surface area contributed by atoms with Crippen LogP contribution in [0.4, 0.5) is 5.69 Å². The van der Waals surface area contributed by atoms with E-state index in [1.807, 2.05) is 18.2 Å². The average molecular weight is 450 g/mol. The molecule has 0 amide bonds. The smallest absolute Gasteiger partial charge is 0.340 e. The Morgan fingerprint density at radius 1 is 0.906 bits per heavy atom. The van der Waals surface area contributed by atoms with Crippen LogP contribution in [0.15, 0.2) is 76.1 Å². The second-order valence-corrected chi connectivity index (χ2v) is 7.26. The summed E-state index contributed by atoms with van der Waals surface area (Å²) in [7, 11) is 4.49. The molecule has 6 nitrogen and oxygen atoms in total. The molecule has 0 N–H and O–H groups in total. The average Bonchev–Trinajstić information content (AvgIpc) is 2.83. The van der Waals surface area contributed by atoms with Crippen LogP contribution >= 0.6 is 11.6 Å². The van der Waals surface area contributed by atoms with Gasteiger partial charge >= 0.3 is 5.97 Å². The fraction of sp³-hybridized carbons (Fsp3) is 0.120. The molecule has 0 atom stereocenters. The van der Waals surface area contributed by atoms with Crippen molar-refractivity contribution in [2.24, 2.45) is 4.99 Å². The summed E-state index contributed by atoms with van der Waals surface area (Å²) in [4.78, 5) is 17.0. The van der Waals surface area contributed by atoms with E-state index in [1.165, 1.54) is 7.11 Å². The van der Waals surface area contributed by atoms with Crippen LogP contribution in [0.1, 0.15) is 10.4 Å². The molecular weight excluding hydrogens is 430 g/mol. The Labute approximate surface area is 189 Å². The topological polar surface area (TPSA) is 70.3 Å². The Hall–Kier alpha value is -3.77. The van der Waals surface area contributed by atoms with Gasteiger partial charge in [0.05, 0.1) is 37.9 Å². The van der Waals surface area contributed by atoms with Gasteiger partial charge in [0.1, 0.15) is 11.3 Å². The fourth-order valence-electron chi connectivity index (χ4n) is 3.35. The van der Waals surface area contributed by atoms with Gasteiger partial charge in [0.2, 0.25) is 0 Å². The highest BCUT2D eigenvalue weighted by Crippen LogP contribution is 2.33. The van der Waals surface area contributed by atoms with Crippen molar-refractivity contribution in [3.05, 3.63) is 82.7 Å². The van der Waals surface area contributed by atoms with Crippen LogP contribution in [0.2, 0.25) is 5.02 Å². The molecule has 0 saturated heterocycles. The van der Waals surface area contributed by atoms with Crippen molar-refractivity contribution in [1.82, 2.24) is 0 Å². The molecule has 0 saturated carbocycles. The number of esters is 1. The first kappa shape index (κ1) is 21.5. The Balaban J connectivity index is 1.99. The highest BCUT2D eigenvalue weighted by atomic mass is 35.5. The van der Waals surface area contributed by atoms with E-state index >= 15 is 0 Å². The van der Waals surface area contributed by atoms with Gasteiger partial charge in [0.25, 0.3) is 0 Å². The molecule has 4 rings (SSSR count). The van der Waals surface area contributed by atoms with Gasteiger partial charge in [-0.05, 0) is 48.5 Å². The van der Waals surface area contributed by atoms with E-state index in [1.54, 1.807) is 62.8 Å². The molecule has 4 aromatic rings. The molecule has 0 aliphatic rings. The van der Waals surface area contributed by atoms with E-state index in [4.69, 9.17) is 35.2 Å². The van der Waals surface area contributed by atoms with E-state index in [-0.39, 0.29) is 0 Å². The van der Waals surface area contributed by atoms with Crippen molar-refractivity contribution in [3.63, 3.8) is 0 Å². The maximum atomic E-state index is 12.2. The number of halogens is 1. The second kappa shape index (κ2) is 9.16. The monoisotopic (exact) mass is 449 g/mol. The van der Waals surface area contributed by atoms with Gasteiger partial charge in [0.15, 0.2) is 11.5 Å². The number of nitrogens with zero attached hydrogens (tertiary/aromatic N) is 1. The van der Waals surface area contributed by atoms with Gasteiger partial charge in [-0.25, -0.2) is 9.79 Å². The second-order valence-electron chi connectivity index (χ2n) is 6.83. The number of carbonyl (C=O) groups is 1. The number of para-hydroxylation sites is 1. The zero-order chi connectivity index (χ0) is 22.7. The number of hydrogen-bond donors (Lipinski definition) is 0. The fourth-order valence-corrected chi connectivity index (χ4v) is 3.52. The molecule has 1 aromatic heterocycles. The van der Waals surface area contributed by atoms with E-state index in [0.717, 1.165) is 5.56 Å². The quantitative estimate of drug-likeness (QED) is 0.361. The Kier molecular flexibility index (Phi) is 6.14. The Morgan fingerprint density at radius 3 is 2.44 bits per heavy atom. The normalized spacial score (nSPS) is 11.4. The molecule has 0 aliphatic carbocycles. The molecule has 0 radical (unpaired) electrons. The maximum absolute atomic E-state index is 12.2. The minimum atomic E-state index is -0.465. The number of hydrogen-bond acceptors (Lipinski definition) is 6. The summed E-state index contributed by atoms with van der Waals surface area (Å²) in [5.41, 5.74) is 2.21. The molecule has 0 aliphatic heterocycles. The highest BCUT2D eigenvalue weighted by molar-refractivity contribution is 6.31. The first-order valence-electron chi connectivity index (χ1n) is 9.72. The molecule has 0 fully saturated rings. The van der Waals surface area contributed by atoms with Crippen molar-refractivity contribution in [3.8, 4) is 22.8 Å². The Morgan fingerprint density at radius 2 is 1.69 bits per heavy atom. The van der Waals surface area contributed by atoms with Gasteiger partial charge in [-0.1, -0.05) is 23.7 Å². The van der Waals surface area contributed by atoms with Crippen LogP contribution in [0.3, 0.4) is 0 Å². The van der Waals surface area contributed by atoms with Gasteiger partial charge < -0.3 is 18.6 Å². The lowest BCUT2D eigenvalue weighted by molar-refractivity contribution is 0.0601. The number of carbonyl (C=O) groups excluding carboxylic acids is 1. The van der Waals surface area contributed by atoms with Crippen molar-refractivity contribution in [1.29, 1.82) is 0 Å². The lowest BCUT2D eigenvalue weighted by Crippen LogP contribution is -2.06. The predicted molar refractivity (Wildman–Crippen MR) is 123 cm³/mol. The van der Waals surface area contributed by atoms with E-state index in [2.05, 4.69) is 0 Å². The largest absolute Gasteiger partial charge is 0.493 e. The lowest BCUT2D eigenvalue weighted by Gasteiger charge is -2.10. The first-order valence-corrected chi connectivity index (χ1v) is 10.1. The lowest BCUT2D eigenvalue weighted by atomic mass is 10.1. The van der Waals surface area contributed by atoms with Crippen LogP contribution < -0.4 is 14.8 Å². The molecule has 0 bridgehead atoms. The number of fused-ring (bicyclic) bond motifs is 1. The van der Waals surface area contributed by atoms with Crippen molar-refractivity contribution < 1.29 is 23.4 Å². The summed E-state index contributed by atoms with van der Waals surface area (Å²) in [5.74, 6) is 1.29.